The van der Waals surface area contributed by atoms with Crippen LogP contribution in [0.3, 0.4) is 0 Å². The van der Waals surface area contributed by atoms with Gasteiger partial charge < -0.3 is 9.84 Å². The van der Waals surface area contributed by atoms with Crippen molar-refractivity contribution in [3.05, 3.63) is 90.0 Å². The number of rotatable bonds is 8. The fourth-order valence-corrected chi connectivity index (χ4v) is 3.94. The van der Waals surface area contributed by atoms with Crippen LogP contribution >= 0.6 is 0 Å². The standard InChI is InChI=1S/C26H23NO4/c28-24(31-18-19-10-2-1-3-11-19)16-8-9-17-27-22-14-6-4-12-20(22)25(26(29)30)21-13-5-7-15-23(21)27/h1-7,10-15H,8-9,16-18H2/p+1. The van der Waals surface area contributed by atoms with Gasteiger partial charge in [-0.1, -0.05) is 54.6 Å². The minimum Gasteiger partial charge on any atom is -0.478 e. The van der Waals surface area contributed by atoms with Crippen molar-refractivity contribution in [3.63, 3.8) is 0 Å². The first-order valence-corrected chi connectivity index (χ1v) is 10.4. The molecule has 0 saturated carbocycles. The minimum absolute atomic E-state index is 0.204. The molecule has 31 heavy (non-hydrogen) atoms. The lowest BCUT2D eigenvalue weighted by Gasteiger charge is -2.09. The highest BCUT2D eigenvalue weighted by molar-refractivity contribution is 6.12. The van der Waals surface area contributed by atoms with Gasteiger partial charge in [-0.15, -0.1) is 0 Å². The number of benzene rings is 3. The van der Waals surface area contributed by atoms with E-state index in [0.717, 1.165) is 33.8 Å². The van der Waals surface area contributed by atoms with Gasteiger partial charge >= 0.3 is 11.9 Å². The molecule has 0 fully saturated rings. The van der Waals surface area contributed by atoms with E-state index in [-0.39, 0.29) is 5.97 Å². The summed E-state index contributed by atoms with van der Waals surface area (Å²) in [5, 5.41) is 11.3. The smallest absolute Gasteiger partial charge is 0.337 e. The van der Waals surface area contributed by atoms with Gasteiger partial charge in [0.05, 0.1) is 16.3 Å². The van der Waals surface area contributed by atoms with Gasteiger partial charge in [-0.05, 0) is 24.1 Å². The van der Waals surface area contributed by atoms with Gasteiger partial charge in [0.2, 0.25) is 11.0 Å². The molecule has 0 spiro atoms. The molecule has 0 aliphatic carbocycles. The number of hydrogen-bond acceptors (Lipinski definition) is 3. The maximum atomic E-state index is 12.1. The van der Waals surface area contributed by atoms with E-state index in [1.54, 1.807) is 0 Å². The Morgan fingerprint density at radius 3 is 1.97 bits per heavy atom. The van der Waals surface area contributed by atoms with Gasteiger partial charge in [0.15, 0.2) is 0 Å². The van der Waals surface area contributed by atoms with Crippen molar-refractivity contribution in [3.8, 4) is 0 Å². The zero-order chi connectivity index (χ0) is 21.6. The molecule has 0 radical (unpaired) electrons. The number of esters is 1. The first-order chi connectivity index (χ1) is 15.1. The molecule has 1 heterocycles. The van der Waals surface area contributed by atoms with Crippen LogP contribution < -0.4 is 4.57 Å². The summed E-state index contributed by atoms with van der Waals surface area (Å²) in [5.74, 6) is -1.13. The van der Waals surface area contributed by atoms with E-state index in [9.17, 15) is 14.7 Å². The van der Waals surface area contributed by atoms with Crippen molar-refractivity contribution in [1.82, 2.24) is 0 Å². The zero-order valence-electron chi connectivity index (χ0n) is 17.2. The quantitative estimate of drug-likeness (QED) is 0.193. The topological polar surface area (TPSA) is 67.5 Å². The third-order valence-corrected chi connectivity index (χ3v) is 5.40. The summed E-state index contributed by atoms with van der Waals surface area (Å²) in [6.07, 6.45) is 1.84. The highest BCUT2D eigenvalue weighted by Gasteiger charge is 2.23. The van der Waals surface area contributed by atoms with E-state index in [0.29, 0.717) is 31.6 Å². The number of aryl methyl sites for hydroxylation is 1. The highest BCUT2D eigenvalue weighted by Crippen LogP contribution is 2.25. The van der Waals surface area contributed by atoms with Crippen LogP contribution in [0, 0.1) is 0 Å². The Labute approximate surface area is 180 Å². The number of para-hydroxylation sites is 2. The van der Waals surface area contributed by atoms with Crippen molar-refractivity contribution < 1.29 is 24.0 Å². The Kier molecular flexibility index (Phi) is 6.22. The summed E-state index contributed by atoms with van der Waals surface area (Å²) in [5.41, 5.74) is 3.06. The van der Waals surface area contributed by atoms with Crippen molar-refractivity contribution in [2.45, 2.75) is 32.4 Å². The number of carbonyl (C=O) groups excluding carboxylic acids is 1. The van der Waals surface area contributed by atoms with Crippen LogP contribution in [0.1, 0.15) is 35.2 Å². The van der Waals surface area contributed by atoms with Gasteiger partial charge in [-0.25, -0.2) is 4.79 Å². The third kappa shape index (κ3) is 4.56. The summed E-state index contributed by atoms with van der Waals surface area (Å²) in [7, 11) is 0. The normalized spacial score (nSPS) is 11.0. The Balaban J connectivity index is 1.48. The molecule has 0 atom stereocenters. The van der Waals surface area contributed by atoms with E-state index < -0.39 is 5.97 Å². The van der Waals surface area contributed by atoms with Crippen molar-refractivity contribution >= 4 is 33.7 Å². The number of fused-ring (bicyclic) bond motifs is 2. The molecule has 3 aromatic carbocycles. The maximum absolute atomic E-state index is 12.1. The van der Waals surface area contributed by atoms with Gasteiger partial charge in [0.1, 0.15) is 13.2 Å². The van der Waals surface area contributed by atoms with Crippen LogP contribution in [0.15, 0.2) is 78.9 Å². The Hall–Kier alpha value is -3.73. The van der Waals surface area contributed by atoms with E-state index in [1.165, 1.54) is 0 Å². The Bertz CT molecular complexity index is 1180. The molecular weight excluding hydrogens is 390 g/mol. The number of aromatic nitrogens is 1. The second kappa shape index (κ2) is 9.39. The molecule has 0 aliphatic rings. The number of ether oxygens (including phenoxy) is 1. The average molecular weight is 414 g/mol. The number of aromatic carboxylic acids is 1. The minimum atomic E-state index is -0.930. The molecule has 0 unspecified atom stereocenters. The monoisotopic (exact) mass is 414 g/mol. The lowest BCUT2D eigenvalue weighted by molar-refractivity contribution is -0.645. The van der Waals surface area contributed by atoms with E-state index >= 15 is 0 Å². The number of nitrogens with zero attached hydrogens (tertiary/aromatic N) is 1. The van der Waals surface area contributed by atoms with Crippen molar-refractivity contribution in [2.75, 3.05) is 0 Å². The van der Waals surface area contributed by atoms with E-state index in [2.05, 4.69) is 4.57 Å². The first-order valence-electron chi connectivity index (χ1n) is 10.4. The fourth-order valence-electron chi connectivity index (χ4n) is 3.94. The molecule has 5 heteroatoms. The SMILES string of the molecule is O=C(CCCC[n+]1c2ccccc2c(C(=O)O)c2ccccc21)OCc1ccccc1. The second-order valence-corrected chi connectivity index (χ2v) is 7.47. The largest absolute Gasteiger partial charge is 0.478 e. The number of carboxylic acid groups (broad SMARTS) is 1. The number of pyridine rings is 1. The Morgan fingerprint density at radius 2 is 1.35 bits per heavy atom. The van der Waals surface area contributed by atoms with Crippen LogP contribution in [0.2, 0.25) is 0 Å². The summed E-state index contributed by atoms with van der Waals surface area (Å²) in [6, 6.07) is 24.8. The molecular formula is C26H24NO4+. The third-order valence-electron chi connectivity index (χ3n) is 5.40. The summed E-state index contributed by atoms with van der Waals surface area (Å²) in [4.78, 5) is 24.1. The zero-order valence-corrected chi connectivity index (χ0v) is 17.2. The number of unbranched alkanes of at least 4 members (excludes halogenated alkanes) is 1. The molecule has 1 N–H and O–H groups in total. The van der Waals surface area contributed by atoms with Crippen LogP contribution in [0.4, 0.5) is 0 Å². The van der Waals surface area contributed by atoms with Gasteiger partial charge in [0.25, 0.3) is 0 Å². The summed E-state index contributed by atoms with van der Waals surface area (Å²) in [6.45, 7) is 0.979. The lowest BCUT2D eigenvalue weighted by atomic mass is 10.0. The molecule has 4 rings (SSSR count). The lowest BCUT2D eigenvalue weighted by Crippen LogP contribution is -2.36. The molecule has 0 aliphatic heterocycles. The predicted molar refractivity (Wildman–Crippen MR) is 119 cm³/mol. The van der Waals surface area contributed by atoms with E-state index in [1.807, 2.05) is 78.9 Å². The average Bonchev–Trinajstić information content (AvgIpc) is 2.80. The van der Waals surface area contributed by atoms with Gasteiger partial charge in [-0.3, -0.25) is 4.79 Å². The predicted octanol–water partition coefficient (Wildman–Crippen LogP) is 4.89. The summed E-state index contributed by atoms with van der Waals surface area (Å²) < 4.78 is 7.50. The molecule has 1 aromatic heterocycles. The molecule has 4 aromatic rings. The molecule has 156 valence electrons. The number of carbonyl (C=O) groups is 2. The van der Waals surface area contributed by atoms with Crippen LogP contribution in [-0.2, 0) is 22.7 Å². The van der Waals surface area contributed by atoms with E-state index in [4.69, 9.17) is 4.74 Å². The second-order valence-electron chi connectivity index (χ2n) is 7.47. The molecule has 0 amide bonds. The van der Waals surface area contributed by atoms with Gasteiger partial charge in [0, 0.05) is 25.0 Å². The highest BCUT2D eigenvalue weighted by atomic mass is 16.5. The molecule has 5 nitrogen and oxygen atoms in total. The number of hydrogen-bond donors (Lipinski definition) is 1. The van der Waals surface area contributed by atoms with Crippen LogP contribution in [-0.4, -0.2) is 17.0 Å². The van der Waals surface area contributed by atoms with Crippen molar-refractivity contribution in [1.29, 1.82) is 0 Å². The first kappa shape index (κ1) is 20.5. The van der Waals surface area contributed by atoms with Crippen molar-refractivity contribution in [2.24, 2.45) is 0 Å². The van der Waals surface area contributed by atoms with Crippen LogP contribution in [0.5, 0.6) is 0 Å². The van der Waals surface area contributed by atoms with Crippen LogP contribution in [0.25, 0.3) is 21.8 Å². The van der Waals surface area contributed by atoms with Gasteiger partial charge in [-0.2, -0.15) is 4.57 Å². The molecule has 0 saturated heterocycles. The molecule has 0 bridgehead atoms. The Morgan fingerprint density at radius 1 is 0.774 bits per heavy atom. The maximum Gasteiger partial charge on any atom is 0.337 e. The summed E-state index contributed by atoms with van der Waals surface area (Å²) >= 11 is 0. The fraction of sp³-hybridized carbons (Fsp3) is 0.192. The number of carboxylic acids is 1.